The van der Waals surface area contributed by atoms with E-state index in [4.69, 9.17) is 4.74 Å². The van der Waals surface area contributed by atoms with Crippen LogP contribution in [0.4, 0.5) is 5.69 Å². The van der Waals surface area contributed by atoms with Crippen molar-refractivity contribution in [1.29, 1.82) is 0 Å². The van der Waals surface area contributed by atoms with Crippen molar-refractivity contribution < 1.29 is 17.9 Å². The van der Waals surface area contributed by atoms with Crippen LogP contribution in [0.15, 0.2) is 54.6 Å². The molecule has 8 heteroatoms. The Balaban J connectivity index is 1.86. The van der Waals surface area contributed by atoms with E-state index in [9.17, 15) is 13.2 Å². The van der Waals surface area contributed by atoms with Gasteiger partial charge < -0.3 is 14.6 Å². The molecule has 1 aliphatic rings. The van der Waals surface area contributed by atoms with E-state index in [1.165, 1.54) is 0 Å². The van der Waals surface area contributed by atoms with Crippen molar-refractivity contribution in [2.75, 3.05) is 17.5 Å². The van der Waals surface area contributed by atoms with Crippen LogP contribution in [0.3, 0.4) is 0 Å². The van der Waals surface area contributed by atoms with Crippen molar-refractivity contribution in [1.82, 2.24) is 9.88 Å². The van der Waals surface area contributed by atoms with Gasteiger partial charge >= 0.3 is 0 Å². The van der Waals surface area contributed by atoms with Gasteiger partial charge in [0.25, 0.3) is 5.91 Å². The molecule has 0 aliphatic carbocycles. The fraction of sp³-hybridized carbons (Fsp3) is 0.190. The number of hydrogen-bond acceptors (Lipinski definition) is 4. The van der Waals surface area contributed by atoms with Gasteiger partial charge in [0.15, 0.2) is 0 Å². The van der Waals surface area contributed by atoms with Gasteiger partial charge in [-0.05, 0) is 48.9 Å². The number of sulfonamides is 1. The van der Waals surface area contributed by atoms with E-state index in [-0.39, 0.29) is 5.91 Å². The zero-order valence-electron chi connectivity index (χ0n) is 16.1. The van der Waals surface area contributed by atoms with Crippen LogP contribution in [0.5, 0.6) is 11.5 Å². The maximum atomic E-state index is 12.3. The number of benzene rings is 2. The number of rotatable bonds is 5. The zero-order chi connectivity index (χ0) is 20.6. The molecule has 0 fully saturated rings. The van der Waals surface area contributed by atoms with E-state index in [1.807, 2.05) is 47.9 Å². The number of para-hydroxylation sites is 1. The largest absolute Gasteiger partial charge is 0.457 e. The fourth-order valence-corrected chi connectivity index (χ4v) is 4.07. The highest BCUT2D eigenvalue weighted by molar-refractivity contribution is 7.92. The van der Waals surface area contributed by atoms with Crippen LogP contribution in [0, 0.1) is 6.92 Å². The van der Waals surface area contributed by atoms with E-state index < -0.39 is 10.0 Å². The third-order valence-electron chi connectivity index (χ3n) is 4.65. The first-order chi connectivity index (χ1) is 13.8. The molecule has 150 valence electrons. The Morgan fingerprint density at radius 1 is 1.10 bits per heavy atom. The van der Waals surface area contributed by atoms with Gasteiger partial charge in [-0.3, -0.25) is 9.52 Å². The van der Waals surface area contributed by atoms with Crippen LogP contribution in [0.1, 0.15) is 16.1 Å². The van der Waals surface area contributed by atoms with Crippen LogP contribution in [-0.2, 0) is 16.6 Å². The van der Waals surface area contributed by atoms with E-state index in [0.29, 0.717) is 41.5 Å². The number of nitrogens with zero attached hydrogens (tertiary/aromatic N) is 1. The van der Waals surface area contributed by atoms with Crippen molar-refractivity contribution in [3.63, 3.8) is 0 Å². The monoisotopic (exact) mass is 411 g/mol. The molecular formula is C21H21N3O4S. The summed E-state index contributed by atoms with van der Waals surface area (Å²) in [5.41, 5.74) is 3.39. The third kappa shape index (κ3) is 3.97. The minimum atomic E-state index is -3.43. The minimum absolute atomic E-state index is 0.115. The number of carbonyl (C=O) groups is 1. The molecule has 4 rings (SSSR count). The van der Waals surface area contributed by atoms with Crippen molar-refractivity contribution in [2.45, 2.75) is 13.5 Å². The Hall–Kier alpha value is -3.26. The fourth-order valence-electron chi connectivity index (χ4n) is 3.52. The molecule has 29 heavy (non-hydrogen) atoms. The molecule has 0 atom stereocenters. The quantitative estimate of drug-likeness (QED) is 0.674. The summed E-state index contributed by atoms with van der Waals surface area (Å²) in [7, 11) is -3.43. The molecule has 3 aromatic rings. The molecular weight excluding hydrogens is 390 g/mol. The highest BCUT2D eigenvalue weighted by atomic mass is 32.2. The maximum Gasteiger partial charge on any atom is 0.268 e. The van der Waals surface area contributed by atoms with Crippen molar-refractivity contribution in [2.24, 2.45) is 0 Å². The summed E-state index contributed by atoms with van der Waals surface area (Å²) in [5.74, 6) is 1.12. The Labute approximate surface area is 169 Å². The number of ether oxygens (including phenoxy) is 1. The third-order valence-corrected chi connectivity index (χ3v) is 5.26. The van der Waals surface area contributed by atoms with Gasteiger partial charge in [-0.25, -0.2) is 8.42 Å². The average Bonchev–Trinajstić information content (AvgIpc) is 3.00. The number of nitrogens with one attached hydrogen (secondary N) is 2. The number of aromatic nitrogens is 1. The summed E-state index contributed by atoms with van der Waals surface area (Å²) in [6.07, 6.45) is 1.11. The lowest BCUT2D eigenvalue weighted by Crippen LogP contribution is -2.35. The van der Waals surface area contributed by atoms with E-state index >= 15 is 0 Å². The first-order valence-corrected chi connectivity index (χ1v) is 11.0. The van der Waals surface area contributed by atoms with Crippen molar-refractivity contribution >= 4 is 21.6 Å². The molecule has 1 aliphatic heterocycles. The zero-order valence-corrected chi connectivity index (χ0v) is 16.9. The summed E-state index contributed by atoms with van der Waals surface area (Å²) in [6.45, 7) is 3.04. The standard InChI is InChI=1S/C21H21N3O4S/c1-14-12-18(24-11-10-22-21(25)20(14)24)17-13-15(23-29(2,26)27)8-9-19(17)28-16-6-4-3-5-7-16/h3-9,12-13,23H,10-11H2,1-2H3,(H,22,25). The Morgan fingerprint density at radius 3 is 2.59 bits per heavy atom. The van der Waals surface area contributed by atoms with Gasteiger partial charge in [0.2, 0.25) is 10.0 Å². The first kappa shape index (κ1) is 19.1. The number of amides is 1. The van der Waals surface area contributed by atoms with Gasteiger partial charge in [-0.15, -0.1) is 0 Å². The second kappa shape index (κ2) is 7.29. The Kier molecular flexibility index (Phi) is 4.79. The SMILES string of the molecule is Cc1cc(-c2cc(NS(C)(=O)=O)ccc2Oc2ccccc2)n2c1C(=O)NCC2. The number of fused-ring (bicyclic) bond motifs is 1. The van der Waals surface area contributed by atoms with Crippen LogP contribution in [-0.4, -0.2) is 31.7 Å². The maximum absolute atomic E-state index is 12.3. The smallest absolute Gasteiger partial charge is 0.268 e. The summed E-state index contributed by atoms with van der Waals surface area (Å²) < 4.78 is 33.9. The molecule has 1 aromatic heterocycles. The summed E-state index contributed by atoms with van der Waals surface area (Å²) in [6, 6.07) is 16.4. The first-order valence-electron chi connectivity index (χ1n) is 9.15. The lowest BCUT2D eigenvalue weighted by Gasteiger charge is -2.20. The summed E-state index contributed by atoms with van der Waals surface area (Å²) >= 11 is 0. The topological polar surface area (TPSA) is 89.4 Å². The van der Waals surface area contributed by atoms with Crippen LogP contribution in [0.2, 0.25) is 0 Å². The molecule has 2 aromatic carbocycles. The molecule has 0 saturated heterocycles. The van der Waals surface area contributed by atoms with Crippen molar-refractivity contribution in [3.05, 3.63) is 65.9 Å². The van der Waals surface area contributed by atoms with E-state index in [1.54, 1.807) is 18.2 Å². The molecule has 2 N–H and O–H groups in total. The van der Waals surface area contributed by atoms with Crippen LogP contribution >= 0.6 is 0 Å². The lowest BCUT2D eigenvalue weighted by atomic mass is 10.1. The normalized spacial score (nSPS) is 13.5. The number of aryl methyl sites for hydroxylation is 1. The van der Waals surface area contributed by atoms with Crippen LogP contribution in [0.25, 0.3) is 11.3 Å². The second-order valence-electron chi connectivity index (χ2n) is 6.97. The van der Waals surface area contributed by atoms with Gasteiger partial charge in [0, 0.05) is 24.3 Å². The number of hydrogen-bond donors (Lipinski definition) is 2. The Bertz CT molecular complexity index is 1180. The predicted octanol–water partition coefficient (Wildman–Crippen LogP) is 3.37. The van der Waals surface area contributed by atoms with Crippen molar-refractivity contribution in [3.8, 4) is 22.8 Å². The number of carbonyl (C=O) groups excluding carboxylic acids is 1. The molecule has 2 heterocycles. The summed E-state index contributed by atoms with van der Waals surface area (Å²) in [5, 5.41) is 2.86. The number of anilines is 1. The highest BCUT2D eigenvalue weighted by Gasteiger charge is 2.25. The Morgan fingerprint density at radius 2 is 1.86 bits per heavy atom. The second-order valence-corrected chi connectivity index (χ2v) is 8.72. The predicted molar refractivity (Wildman–Crippen MR) is 112 cm³/mol. The summed E-state index contributed by atoms with van der Waals surface area (Å²) in [4.78, 5) is 12.3. The van der Waals surface area contributed by atoms with E-state index in [0.717, 1.165) is 17.5 Å². The average molecular weight is 411 g/mol. The van der Waals surface area contributed by atoms with Gasteiger partial charge in [0.05, 0.1) is 11.9 Å². The molecule has 0 bridgehead atoms. The molecule has 1 amide bonds. The molecule has 0 unspecified atom stereocenters. The highest BCUT2D eigenvalue weighted by Crippen LogP contribution is 2.38. The van der Waals surface area contributed by atoms with Gasteiger partial charge in [0.1, 0.15) is 17.2 Å². The lowest BCUT2D eigenvalue weighted by molar-refractivity contribution is 0.0927. The molecule has 7 nitrogen and oxygen atoms in total. The minimum Gasteiger partial charge on any atom is -0.457 e. The van der Waals surface area contributed by atoms with E-state index in [2.05, 4.69) is 10.0 Å². The molecule has 0 radical (unpaired) electrons. The molecule has 0 saturated carbocycles. The molecule has 0 spiro atoms. The van der Waals surface area contributed by atoms with Crippen LogP contribution < -0.4 is 14.8 Å². The van der Waals surface area contributed by atoms with Gasteiger partial charge in [-0.2, -0.15) is 0 Å². The van der Waals surface area contributed by atoms with Gasteiger partial charge in [-0.1, -0.05) is 18.2 Å².